The number of alkyl carbamates (subject to hydrolysis) is 1. The van der Waals surface area contributed by atoms with Gasteiger partial charge in [0, 0.05) is 10.6 Å². The van der Waals surface area contributed by atoms with Crippen LogP contribution in [0, 0.1) is 0 Å². The molecule has 2 N–H and O–H groups in total. The zero-order valence-electron chi connectivity index (χ0n) is 15.0. The number of Topliss-reactive ketones (excluding diaryl/α,β-unsaturated/α-hetero) is 1. The summed E-state index contributed by atoms with van der Waals surface area (Å²) in [5.74, 6) is -3.09. The molecule has 1 aromatic carbocycles. The third-order valence-corrected chi connectivity index (χ3v) is 6.13. The number of fused-ring (bicyclic) bond motifs is 1. The van der Waals surface area contributed by atoms with Crippen LogP contribution in [0.15, 0.2) is 18.2 Å². The zero-order valence-corrected chi connectivity index (χ0v) is 16.6. The molecule has 2 unspecified atom stereocenters. The van der Waals surface area contributed by atoms with Crippen LogP contribution in [0.3, 0.4) is 0 Å². The number of hydrogen-bond donors (Lipinski definition) is 2. The van der Waals surface area contributed by atoms with E-state index in [2.05, 4.69) is 0 Å². The summed E-state index contributed by atoms with van der Waals surface area (Å²) in [5, 5.41) is 10.3. The van der Waals surface area contributed by atoms with Crippen molar-refractivity contribution in [2.45, 2.75) is 44.1 Å². The molecule has 0 fully saturated rings. The second-order valence-electron chi connectivity index (χ2n) is 7.23. The number of rotatable bonds is 5. The molecule has 1 aromatic rings. The number of carbonyl (C=O) groups excluding carboxylic acids is 2. The van der Waals surface area contributed by atoms with Crippen molar-refractivity contribution in [1.82, 2.24) is 5.32 Å². The number of nitrogens with one attached hydrogen (secondary N) is 1. The Kier molecular flexibility index (Phi) is 5.86. The number of carboxylic acids is 1. The second kappa shape index (κ2) is 7.47. The van der Waals surface area contributed by atoms with Crippen LogP contribution in [-0.2, 0) is 25.8 Å². The topological polar surface area (TPSA) is 127 Å². The zero-order chi connectivity index (χ0) is 20.6. The molecule has 27 heavy (non-hydrogen) atoms. The third kappa shape index (κ3) is 5.20. The maximum atomic E-state index is 12.7. The lowest BCUT2D eigenvalue weighted by Gasteiger charge is -2.22. The summed E-state index contributed by atoms with van der Waals surface area (Å²) in [6.07, 6.45) is -1.14. The Morgan fingerprint density at radius 3 is 2.56 bits per heavy atom. The fraction of sp³-hybridized carbons (Fsp3) is 0.471. The van der Waals surface area contributed by atoms with E-state index in [-0.39, 0.29) is 12.0 Å². The second-order valence-corrected chi connectivity index (χ2v) is 9.89. The first-order chi connectivity index (χ1) is 12.3. The van der Waals surface area contributed by atoms with Crippen molar-refractivity contribution < 1.29 is 32.6 Å². The minimum Gasteiger partial charge on any atom is -0.480 e. The number of carboxylic acid groups (broad SMARTS) is 1. The summed E-state index contributed by atoms with van der Waals surface area (Å²) < 4.78 is 30.3. The number of hydrogen-bond acceptors (Lipinski definition) is 6. The first-order valence-electron chi connectivity index (χ1n) is 8.07. The molecule has 0 saturated carbocycles. The van der Waals surface area contributed by atoms with Gasteiger partial charge in [-0.15, -0.1) is 0 Å². The monoisotopic (exact) mass is 417 g/mol. The van der Waals surface area contributed by atoms with E-state index in [1.165, 1.54) is 18.2 Å². The minimum atomic E-state index is -4.17. The van der Waals surface area contributed by atoms with E-state index in [9.17, 15) is 27.9 Å². The highest BCUT2D eigenvalue weighted by atomic mass is 35.5. The number of aliphatic carboxylic acids is 1. The van der Waals surface area contributed by atoms with E-state index in [1.54, 1.807) is 20.8 Å². The molecule has 0 aromatic heterocycles. The Morgan fingerprint density at radius 1 is 1.37 bits per heavy atom. The van der Waals surface area contributed by atoms with Gasteiger partial charge in [-0.3, -0.25) is 4.79 Å². The molecule has 8 nitrogen and oxygen atoms in total. The van der Waals surface area contributed by atoms with Crippen LogP contribution in [0.25, 0.3) is 0 Å². The average molecular weight is 418 g/mol. The third-order valence-electron chi connectivity index (χ3n) is 3.85. The highest BCUT2D eigenvalue weighted by molar-refractivity contribution is 7.92. The van der Waals surface area contributed by atoms with Crippen LogP contribution < -0.4 is 5.32 Å². The van der Waals surface area contributed by atoms with Crippen molar-refractivity contribution in [3.63, 3.8) is 0 Å². The number of sulfone groups is 1. The molecule has 1 aliphatic rings. The van der Waals surface area contributed by atoms with E-state index in [0.29, 0.717) is 10.6 Å². The lowest BCUT2D eigenvalue weighted by molar-refractivity contribution is -0.138. The lowest BCUT2D eigenvalue weighted by atomic mass is 10.1. The van der Waals surface area contributed by atoms with Crippen LogP contribution in [0.2, 0.25) is 5.02 Å². The largest absolute Gasteiger partial charge is 0.480 e. The van der Waals surface area contributed by atoms with Crippen molar-refractivity contribution in [3.05, 3.63) is 34.3 Å². The number of benzene rings is 1. The Balaban J connectivity index is 2.17. The van der Waals surface area contributed by atoms with Crippen LogP contribution in [0.4, 0.5) is 4.79 Å². The van der Waals surface area contributed by atoms with E-state index >= 15 is 0 Å². The summed E-state index contributed by atoms with van der Waals surface area (Å²) in [4.78, 5) is 35.6. The molecule has 1 aliphatic carbocycles. The van der Waals surface area contributed by atoms with Gasteiger partial charge in [-0.05, 0) is 51.0 Å². The molecule has 0 aliphatic heterocycles. The molecule has 1 amide bonds. The molecule has 0 spiro atoms. The summed E-state index contributed by atoms with van der Waals surface area (Å²) in [5.41, 5.74) is -0.137. The summed E-state index contributed by atoms with van der Waals surface area (Å²) in [6, 6.07) is 2.70. The van der Waals surface area contributed by atoms with Crippen LogP contribution in [0.1, 0.15) is 36.7 Å². The highest BCUT2D eigenvalue weighted by Gasteiger charge is 2.42. The summed E-state index contributed by atoms with van der Waals surface area (Å²) in [6.45, 7) is 4.75. The van der Waals surface area contributed by atoms with Crippen molar-refractivity contribution >= 4 is 39.3 Å². The van der Waals surface area contributed by atoms with Crippen molar-refractivity contribution in [2.24, 2.45) is 0 Å². The van der Waals surface area contributed by atoms with Gasteiger partial charge in [-0.1, -0.05) is 11.6 Å². The summed E-state index contributed by atoms with van der Waals surface area (Å²) in [7, 11) is -4.17. The molecule has 0 radical (unpaired) electrons. The van der Waals surface area contributed by atoms with E-state index in [1.807, 2.05) is 5.32 Å². The fourth-order valence-corrected chi connectivity index (χ4v) is 4.70. The number of halogens is 1. The Labute approximate surface area is 161 Å². The molecule has 0 heterocycles. The molecule has 0 saturated heterocycles. The van der Waals surface area contributed by atoms with Crippen molar-refractivity contribution in [1.29, 1.82) is 0 Å². The SMILES string of the molecule is CC(C)(C)OC(=O)NC(CS(=O)(=O)C1Cc2cc(Cl)ccc2C1=O)C(=O)O. The Bertz CT molecular complexity index is 889. The van der Waals surface area contributed by atoms with Gasteiger partial charge >= 0.3 is 12.1 Å². The number of ether oxygens (including phenoxy) is 1. The van der Waals surface area contributed by atoms with Gasteiger partial charge in [0.2, 0.25) is 0 Å². The standard InChI is InChI=1S/C17H20ClNO7S/c1-17(2,3)26-16(23)19-12(15(21)22)8-27(24,25)13-7-9-6-10(18)4-5-11(9)14(13)20/h4-6,12-13H,7-8H2,1-3H3,(H,19,23)(H,21,22). The van der Waals surface area contributed by atoms with Crippen LogP contribution in [0.5, 0.6) is 0 Å². The van der Waals surface area contributed by atoms with Crippen molar-refractivity contribution in [2.75, 3.05) is 5.75 Å². The molecule has 2 atom stereocenters. The van der Waals surface area contributed by atoms with E-state index < -0.39 is 50.3 Å². The lowest BCUT2D eigenvalue weighted by Crippen LogP contribution is -2.49. The molecule has 2 rings (SSSR count). The van der Waals surface area contributed by atoms with Crippen LogP contribution >= 0.6 is 11.6 Å². The number of amides is 1. The van der Waals surface area contributed by atoms with Crippen molar-refractivity contribution in [3.8, 4) is 0 Å². The van der Waals surface area contributed by atoms with Gasteiger partial charge in [0.1, 0.15) is 16.9 Å². The molecule has 148 valence electrons. The van der Waals surface area contributed by atoms with E-state index in [0.717, 1.165) is 0 Å². The fourth-order valence-electron chi connectivity index (χ4n) is 2.70. The summed E-state index contributed by atoms with van der Waals surface area (Å²) >= 11 is 5.87. The van der Waals surface area contributed by atoms with Gasteiger partial charge in [0.15, 0.2) is 15.6 Å². The molecular weight excluding hydrogens is 398 g/mol. The van der Waals surface area contributed by atoms with Gasteiger partial charge in [-0.25, -0.2) is 18.0 Å². The Morgan fingerprint density at radius 2 is 2.00 bits per heavy atom. The smallest absolute Gasteiger partial charge is 0.408 e. The maximum absolute atomic E-state index is 12.7. The first-order valence-corrected chi connectivity index (χ1v) is 10.2. The van der Waals surface area contributed by atoms with Gasteiger partial charge in [-0.2, -0.15) is 0 Å². The predicted molar refractivity (Wildman–Crippen MR) is 97.9 cm³/mol. The predicted octanol–water partition coefficient (Wildman–Crippen LogP) is 1.84. The normalized spacial score (nSPS) is 17.9. The average Bonchev–Trinajstić information content (AvgIpc) is 2.81. The quantitative estimate of drug-likeness (QED) is 0.748. The maximum Gasteiger partial charge on any atom is 0.408 e. The first kappa shape index (κ1) is 21.2. The highest BCUT2D eigenvalue weighted by Crippen LogP contribution is 2.29. The van der Waals surface area contributed by atoms with Crippen LogP contribution in [-0.4, -0.2) is 54.0 Å². The minimum absolute atomic E-state index is 0.0875. The number of ketones is 1. The van der Waals surface area contributed by atoms with Gasteiger partial charge in [0.05, 0.1) is 5.75 Å². The molecule has 10 heteroatoms. The molecular formula is C17H20ClNO7S. The van der Waals surface area contributed by atoms with Gasteiger partial charge < -0.3 is 15.2 Å². The molecule has 0 bridgehead atoms. The van der Waals surface area contributed by atoms with Gasteiger partial charge in [0.25, 0.3) is 0 Å². The van der Waals surface area contributed by atoms with E-state index in [4.69, 9.17) is 16.3 Å². The Hall–Kier alpha value is -2.13. The number of carbonyl (C=O) groups is 3.